The number of carbonyl (C=O) groups excluding carboxylic acids is 2. The van der Waals surface area contributed by atoms with E-state index in [9.17, 15) is 14.7 Å². The number of halogens is 1. The summed E-state index contributed by atoms with van der Waals surface area (Å²) in [7, 11) is 0. The van der Waals surface area contributed by atoms with Gasteiger partial charge in [0, 0.05) is 23.3 Å². The van der Waals surface area contributed by atoms with Crippen LogP contribution in [0.1, 0.15) is 55.3 Å². The van der Waals surface area contributed by atoms with Crippen molar-refractivity contribution >= 4 is 23.7 Å². The zero-order valence-electron chi connectivity index (χ0n) is 21.6. The highest BCUT2D eigenvalue weighted by Crippen LogP contribution is 2.22. The van der Waals surface area contributed by atoms with Gasteiger partial charge in [0.25, 0.3) is 0 Å². The molecule has 0 fully saturated rings. The van der Waals surface area contributed by atoms with E-state index in [1.807, 2.05) is 45.0 Å². The van der Waals surface area contributed by atoms with Crippen molar-refractivity contribution in [2.45, 2.75) is 45.8 Å². The highest BCUT2D eigenvalue weighted by atomic mass is 35.5. The fraction of sp³-hybridized carbons (Fsp3) is 0.345. The molecule has 1 amide bonds. The Morgan fingerprint density at radius 3 is 2.41 bits per heavy atom. The van der Waals surface area contributed by atoms with Crippen LogP contribution >= 0.6 is 11.6 Å². The molecule has 3 aromatic rings. The minimum Gasteiger partial charge on any atom is -0.462 e. The lowest BCUT2D eigenvalue weighted by Crippen LogP contribution is -2.40. The molecule has 0 aliphatic rings. The predicted molar refractivity (Wildman–Crippen MR) is 144 cm³/mol. The van der Waals surface area contributed by atoms with Crippen LogP contribution in [0.15, 0.2) is 66.9 Å². The topological polar surface area (TPSA) is 89.0 Å². The maximum absolute atomic E-state index is 12.9. The third kappa shape index (κ3) is 8.58. The van der Waals surface area contributed by atoms with Gasteiger partial charge in [-0.1, -0.05) is 48.0 Å². The molecule has 0 aliphatic carbocycles. The summed E-state index contributed by atoms with van der Waals surface area (Å²) in [6, 6.07) is 18.3. The number of esters is 1. The molecule has 2 aromatic carbocycles. The minimum atomic E-state index is -0.905. The smallest absolute Gasteiger partial charge is 0.410 e. The van der Waals surface area contributed by atoms with Crippen LogP contribution in [0.4, 0.5) is 4.79 Å². The monoisotopic (exact) mass is 524 g/mol. The molecule has 7 nitrogen and oxygen atoms in total. The van der Waals surface area contributed by atoms with Crippen molar-refractivity contribution in [1.82, 2.24) is 9.88 Å². The molecule has 8 heteroatoms. The predicted octanol–water partition coefficient (Wildman–Crippen LogP) is 6.09. The van der Waals surface area contributed by atoms with E-state index < -0.39 is 23.8 Å². The highest BCUT2D eigenvalue weighted by molar-refractivity contribution is 6.30. The number of aromatic nitrogens is 1. The summed E-state index contributed by atoms with van der Waals surface area (Å²) in [6.07, 6.45) is 0.677. The summed E-state index contributed by atoms with van der Waals surface area (Å²) < 4.78 is 10.6. The first-order valence-electron chi connectivity index (χ1n) is 12.2. The van der Waals surface area contributed by atoms with E-state index in [0.29, 0.717) is 35.7 Å². The molecule has 0 saturated carbocycles. The van der Waals surface area contributed by atoms with Crippen molar-refractivity contribution in [2.75, 3.05) is 19.7 Å². The molecular weight excluding hydrogens is 492 g/mol. The Morgan fingerprint density at radius 2 is 1.81 bits per heavy atom. The van der Waals surface area contributed by atoms with Gasteiger partial charge in [0.1, 0.15) is 5.60 Å². The van der Waals surface area contributed by atoms with E-state index in [-0.39, 0.29) is 6.54 Å². The van der Waals surface area contributed by atoms with Gasteiger partial charge in [-0.2, -0.15) is 0 Å². The molecule has 0 bridgehead atoms. The molecule has 1 N–H and O–H groups in total. The zero-order valence-corrected chi connectivity index (χ0v) is 22.4. The van der Waals surface area contributed by atoms with Crippen LogP contribution < -0.4 is 0 Å². The number of nitrogens with zero attached hydrogens (tertiary/aromatic N) is 2. The van der Waals surface area contributed by atoms with E-state index >= 15 is 0 Å². The van der Waals surface area contributed by atoms with E-state index in [2.05, 4.69) is 4.98 Å². The standard InChI is InChI=1S/C29H33ClN2O5/c1-5-36-27(34)23-13-14-25(31-18-23)21-11-9-20(10-12-21)15-16-32(28(35)37-29(2,3)4)19-26(33)22-7-6-8-24(30)17-22/h6-14,17-18,26,33H,5,15-16,19H2,1-4H3/t26-/m1/s1. The van der Waals surface area contributed by atoms with Crippen LogP contribution in [0.5, 0.6) is 0 Å². The molecule has 0 aliphatic heterocycles. The van der Waals surface area contributed by atoms with Crippen molar-refractivity contribution in [3.8, 4) is 11.3 Å². The van der Waals surface area contributed by atoms with Crippen LogP contribution in [0, 0.1) is 0 Å². The number of aliphatic hydroxyl groups excluding tert-OH is 1. The van der Waals surface area contributed by atoms with E-state index in [1.54, 1.807) is 43.3 Å². The molecular formula is C29H33ClN2O5. The normalized spacial score (nSPS) is 12.1. The van der Waals surface area contributed by atoms with Gasteiger partial charge in [-0.05, 0) is 69.5 Å². The first-order valence-corrected chi connectivity index (χ1v) is 12.6. The van der Waals surface area contributed by atoms with E-state index in [0.717, 1.165) is 16.8 Å². The fourth-order valence-electron chi connectivity index (χ4n) is 3.62. The summed E-state index contributed by atoms with van der Waals surface area (Å²) >= 11 is 6.07. The molecule has 0 unspecified atom stereocenters. The van der Waals surface area contributed by atoms with Gasteiger partial charge in [0.05, 0.1) is 30.5 Å². The molecule has 1 heterocycles. The van der Waals surface area contributed by atoms with Gasteiger partial charge in [-0.3, -0.25) is 4.98 Å². The number of ether oxygens (including phenoxy) is 2. The van der Waals surface area contributed by atoms with E-state index in [1.165, 1.54) is 11.1 Å². The Hall–Kier alpha value is -3.42. The molecule has 3 rings (SSSR count). The second kappa shape index (κ2) is 12.7. The zero-order chi connectivity index (χ0) is 27.0. The van der Waals surface area contributed by atoms with Crippen LogP contribution in [0.3, 0.4) is 0 Å². The molecule has 37 heavy (non-hydrogen) atoms. The SMILES string of the molecule is CCOC(=O)c1ccc(-c2ccc(CCN(C[C@@H](O)c3cccc(Cl)c3)C(=O)OC(C)(C)C)cc2)nc1. The van der Waals surface area contributed by atoms with Crippen LogP contribution in [0.2, 0.25) is 5.02 Å². The Labute approximate surface area is 223 Å². The maximum Gasteiger partial charge on any atom is 0.410 e. The van der Waals surface area contributed by atoms with Crippen molar-refractivity contribution in [3.63, 3.8) is 0 Å². The van der Waals surface area contributed by atoms with Gasteiger partial charge < -0.3 is 19.5 Å². The Kier molecular flexibility index (Phi) is 9.66. The summed E-state index contributed by atoms with van der Waals surface area (Å²) in [5, 5.41) is 11.3. The summed E-state index contributed by atoms with van der Waals surface area (Å²) in [5.74, 6) is -0.396. The Bertz CT molecular complexity index is 1190. The van der Waals surface area contributed by atoms with Gasteiger partial charge >= 0.3 is 12.1 Å². The average Bonchev–Trinajstić information content (AvgIpc) is 2.86. The Balaban J connectivity index is 1.68. The number of benzene rings is 2. The van der Waals surface area contributed by atoms with Crippen LogP contribution in [-0.2, 0) is 15.9 Å². The van der Waals surface area contributed by atoms with E-state index in [4.69, 9.17) is 21.1 Å². The number of aliphatic hydroxyl groups is 1. The van der Waals surface area contributed by atoms with Gasteiger partial charge in [0.2, 0.25) is 0 Å². The van der Waals surface area contributed by atoms with Crippen molar-refractivity contribution in [2.24, 2.45) is 0 Å². The number of carbonyl (C=O) groups is 2. The number of hydrogen-bond acceptors (Lipinski definition) is 6. The third-order valence-corrected chi connectivity index (χ3v) is 5.71. The Morgan fingerprint density at radius 1 is 1.08 bits per heavy atom. The fourth-order valence-corrected chi connectivity index (χ4v) is 3.82. The van der Waals surface area contributed by atoms with Gasteiger partial charge in [-0.25, -0.2) is 9.59 Å². The lowest BCUT2D eigenvalue weighted by molar-refractivity contribution is 0.0147. The molecule has 1 aromatic heterocycles. The summed E-state index contributed by atoms with van der Waals surface area (Å²) in [6.45, 7) is 7.93. The lowest BCUT2D eigenvalue weighted by atomic mass is 10.1. The number of amides is 1. The second-order valence-corrected chi connectivity index (χ2v) is 10.0. The first-order chi connectivity index (χ1) is 17.6. The number of rotatable bonds is 9. The molecule has 0 radical (unpaired) electrons. The van der Waals surface area contributed by atoms with Gasteiger partial charge in [0.15, 0.2) is 0 Å². The van der Waals surface area contributed by atoms with Crippen LogP contribution in [-0.4, -0.2) is 52.4 Å². The average molecular weight is 525 g/mol. The molecule has 0 saturated heterocycles. The van der Waals surface area contributed by atoms with Crippen molar-refractivity contribution < 1.29 is 24.2 Å². The number of pyridine rings is 1. The lowest BCUT2D eigenvalue weighted by Gasteiger charge is -2.29. The van der Waals surface area contributed by atoms with Crippen LogP contribution in [0.25, 0.3) is 11.3 Å². The summed E-state index contributed by atoms with van der Waals surface area (Å²) in [4.78, 5) is 30.6. The minimum absolute atomic E-state index is 0.0735. The third-order valence-electron chi connectivity index (χ3n) is 5.47. The first kappa shape index (κ1) is 28.2. The quantitative estimate of drug-likeness (QED) is 0.341. The largest absolute Gasteiger partial charge is 0.462 e. The maximum atomic E-state index is 12.9. The summed E-state index contributed by atoms with van der Waals surface area (Å²) in [5.41, 5.74) is 3.03. The number of hydrogen-bond donors (Lipinski definition) is 1. The molecule has 196 valence electrons. The molecule has 0 spiro atoms. The van der Waals surface area contributed by atoms with Gasteiger partial charge in [-0.15, -0.1) is 0 Å². The van der Waals surface area contributed by atoms with Crippen molar-refractivity contribution in [3.05, 3.63) is 88.6 Å². The molecule has 1 atom stereocenters. The second-order valence-electron chi connectivity index (χ2n) is 9.60. The highest BCUT2D eigenvalue weighted by Gasteiger charge is 2.24. The van der Waals surface area contributed by atoms with Crippen molar-refractivity contribution in [1.29, 1.82) is 0 Å².